The summed E-state index contributed by atoms with van der Waals surface area (Å²) in [7, 11) is 1.77. The Kier molecular flexibility index (Phi) is 2.78. The zero-order valence-electron chi connectivity index (χ0n) is 9.84. The minimum atomic E-state index is 0.433. The maximum atomic E-state index is 5.25. The first-order chi connectivity index (χ1) is 8.36. The minimum Gasteiger partial charge on any atom is -0.381 e. The monoisotopic (exact) mass is 232 g/mol. The molecule has 5 nitrogen and oxygen atoms in total. The van der Waals surface area contributed by atoms with Crippen molar-refractivity contribution in [1.82, 2.24) is 19.9 Å². The van der Waals surface area contributed by atoms with Crippen LogP contribution in [0.1, 0.15) is 18.7 Å². The summed E-state index contributed by atoms with van der Waals surface area (Å²) in [5, 5.41) is 11.8. The van der Waals surface area contributed by atoms with Gasteiger partial charge in [-0.2, -0.15) is 0 Å². The molecular weight excluding hydrogens is 216 g/mol. The van der Waals surface area contributed by atoms with Gasteiger partial charge in [-0.1, -0.05) is 6.07 Å². The van der Waals surface area contributed by atoms with E-state index in [0.717, 1.165) is 30.9 Å². The van der Waals surface area contributed by atoms with Gasteiger partial charge in [-0.25, -0.2) is 0 Å². The predicted molar refractivity (Wildman–Crippen MR) is 63.6 cm³/mol. The smallest absolute Gasteiger partial charge is 0.160 e. The Morgan fingerprint density at radius 1 is 1.41 bits per heavy atom. The van der Waals surface area contributed by atoms with Gasteiger partial charge in [0.2, 0.25) is 0 Å². The van der Waals surface area contributed by atoms with Crippen LogP contribution in [-0.2, 0) is 11.3 Å². The first-order valence-electron chi connectivity index (χ1n) is 5.91. The van der Waals surface area contributed by atoms with Crippen LogP contribution in [0, 0.1) is 0 Å². The van der Waals surface area contributed by atoms with Crippen LogP contribution in [0.2, 0.25) is 0 Å². The molecule has 17 heavy (non-hydrogen) atoms. The molecule has 3 rings (SSSR count). The minimum absolute atomic E-state index is 0.433. The Balaban J connectivity index is 1.62. The second kappa shape index (κ2) is 4.43. The number of aromatic nitrogens is 3. The average molecular weight is 232 g/mol. The number of pyridine rings is 1. The van der Waals surface area contributed by atoms with Crippen LogP contribution in [0.4, 0.5) is 0 Å². The fraction of sp³-hybridized carbons (Fsp3) is 0.500. The standard InChI is InChI=1S/C12H16N4O/c1-17-10-6-9(7-10)13-8-12-15-14-11-4-2-3-5-16(11)12/h2-5,9-10,13H,6-8H2,1H3. The predicted octanol–water partition coefficient (Wildman–Crippen LogP) is 0.996. The van der Waals surface area contributed by atoms with E-state index in [2.05, 4.69) is 15.5 Å². The molecular formula is C12H16N4O. The van der Waals surface area contributed by atoms with E-state index >= 15 is 0 Å². The summed E-state index contributed by atoms with van der Waals surface area (Å²) in [5.41, 5.74) is 0.896. The van der Waals surface area contributed by atoms with E-state index in [1.807, 2.05) is 28.8 Å². The molecule has 0 amide bonds. The highest BCUT2D eigenvalue weighted by molar-refractivity contribution is 5.36. The van der Waals surface area contributed by atoms with Crippen LogP contribution in [0.5, 0.6) is 0 Å². The van der Waals surface area contributed by atoms with Crippen molar-refractivity contribution >= 4 is 5.65 Å². The highest BCUT2D eigenvalue weighted by Crippen LogP contribution is 2.22. The van der Waals surface area contributed by atoms with Gasteiger partial charge >= 0.3 is 0 Å². The van der Waals surface area contributed by atoms with Crippen molar-refractivity contribution in [3.8, 4) is 0 Å². The van der Waals surface area contributed by atoms with Crippen molar-refractivity contribution in [3.05, 3.63) is 30.2 Å². The highest BCUT2D eigenvalue weighted by atomic mass is 16.5. The lowest BCUT2D eigenvalue weighted by Gasteiger charge is -2.34. The number of ether oxygens (including phenoxy) is 1. The summed E-state index contributed by atoms with van der Waals surface area (Å²) in [6.07, 6.45) is 4.61. The Hall–Kier alpha value is -1.46. The molecule has 1 fully saturated rings. The van der Waals surface area contributed by atoms with Crippen molar-refractivity contribution in [2.75, 3.05) is 7.11 Å². The molecule has 0 aromatic carbocycles. The number of nitrogens with one attached hydrogen (secondary N) is 1. The normalized spacial score (nSPS) is 23.8. The SMILES string of the molecule is COC1CC(NCc2nnc3ccccn23)C1. The maximum Gasteiger partial charge on any atom is 0.160 e. The molecule has 5 heteroatoms. The van der Waals surface area contributed by atoms with Gasteiger partial charge < -0.3 is 10.1 Å². The van der Waals surface area contributed by atoms with Gasteiger partial charge in [-0.3, -0.25) is 4.40 Å². The molecule has 2 heterocycles. The van der Waals surface area contributed by atoms with Gasteiger partial charge in [0.25, 0.3) is 0 Å². The summed E-state index contributed by atoms with van der Waals surface area (Å²) >= 11 is 0. The van der Waals surface area contributed by atoms with Crippen molar-refractivity contribution in [2.45, 2.75) is 31.5 Å². The Bertz CT molecular complexity index is 504. The summed E-state index contributed by atoms with van der Waals surface area (Å²) in [6.45, 7) is 0.756. The second-order valence-electron chi connectivity index (χ2n) is 4.45. The summed E-state index contributed by atoms with van der Waals surface area (Å²) in [6, 6.07) is 6.47. The molecule has 1 saturated carbocycles. The number of nitrogens with zero attached hydrogens (tertiary/aromatic N) is 3. The number of methoxy groups -OCH3 is 1. The fourth-order valence-corrected chi connectivity index (χ4v) is 2.17. The third-order valence-electron chi connectivity index (χ3n) is 3.36. The topological polar surface area (TPSA) is 51.5 Å². The molecule has 0 aliphatic heterocycles. The summed E-state index contributed by atoms with van der Waals surface area (Å²) in [4.78, 5) is 0. The fourth-order valence-electron chi connectivity index (χ4n) is 2.17. The second-order valence-corrected chi connectivity index (χ2v) is 4.45. The lowest BCUT2D eigenvalue weighted by molar-refractivity contribution is 0.0168. The first kappa shape index (κ1) is 10.7. The van der Waals surface area contributed by atoms with E-state index in [9.17, 15) is 0 Å². The quantitative estimate of drug-likeness (QED) is 0.854. The molecule has 0 bridgehead atoms. The number of hydrogen-bond acceptors (Lipinski definition) is 4. The molecule has 1 aliphatic rings. The van der Waals surface area contributed by atoms with E-state index in [1.165, 1.54) is 0 Å². The van der Waals surface area contributed by atoms with E-state index in [0.29, 0.717) is 12.1 Å². The van der Waals surface area contributed by atoms with Gasteiger partial charge in [0.1, 0.15) is 0 Å². The molecule has 2 aromatic heterocycles. The van der Waals surface area contributed by atoms with Crippen molar-refractivity contribution in [1.29, 1.82) is 0 Å². The lowest BCUT2D eigenvalue weighted by atomic mass is 9.89. The molecule has 0 atom stereocenters. The lowest BCUT2D eigenvalue weighted by Crippen LogP contribution is -2.44. The van der Waals surface area contributed by atoms with Crippen molar-refractivity contribution in [3.63, 3.8) is 0 Å². The molecule has 1 aliphatic carbocycles. The third kappa shape index (κ3) is 2.03. The molecule has 0 saturated heterocycles. The van der Waals surface area contributed by atoms with Crippen molar-refractivity contribution < 1.29 is 4.74 Å². The van der Waals surface area contributed by atoms with Gasteiger partial charge in [0, 0.05) is 19.3 Å². The largest absolute Gasteiger partial charge is 0.381 e. The van der Waals surface area contributed by atoms with Crippen molar-refractivity contribution in [2.24, 2.45) is 0 Å². The van der Waals surface area contributed by atoms with Gasteiger partial charge in [0.15, 0.2) is 11.5 Å². The number of fused-ring (bicyclic) bond motifs is 1. The van der Waals surface area contributed by atoms with Gasteiger partial charge in [-0.05, 0) is 25.0 Å². The number of rotatable bonds is 4. The molecule has 0 unspecified atom stereocenters. The van der Waals surface area contributed by atoms with Gasteiger partial charge in [-0.15, -0.1) is 10.2 Å². The summed E-state index contributed by atoms with van der Waals surface area (Å²) in [5.74, 6) is 0.960. The van der Waals surface area contributed by atoms with Crippen LogP contribution < -0.4 is 5.32 Å². The average Bonchev–Trinajstić information content (AvgIpc) is 2.71. The molecule has 0 spiro atoms. The Morgan fingerprint density at radius 2 is 2.29 bits per heavy atom. The maximum absolute atomic E-state index is 5.25. The zero-order chi connectivity index (χ0) is 11.7. The van der Waals surface area contributed by atoms with Crippen LogP contribution in [-0.4, -0.2) is 33.9 Å². The van der Waals surface area contributed by atoms with E-state index < -0.39 is 0 Å². The third-order valence-corrected chi connectivity index (χ3v) is 3.36. The van der Waals surface area contributed by atoms with Crippen LogP contribution in [0.3, 0.4) is 0 Å². The molecule has 90 valence electrons. The Labute approximate surface area is 99.8 Å². The first-order valence-corrected chi connectivity index (χ1v) is 5.91. The number of hydrogen-bond donors (Lipinski definition) is 1. The van der Waals surface area contributed by atoms with E-state index in [1.54, 1.807) is 7.11 Å². The molecule has 0 radical (unpaired) electrons. The molecule has 2 aromatic rings. The highest BCUT2D eigenvalue weighted by Gasteiger charge is 2.28. The van der Waals surface area contributed by atoms with Crippen LogP contribution >= 0.6 is 0 Å². The zero-order valence-corrected chi connectivity index (χ0v) is 9.84. The van der Waals surface area contributed by atoms with E-state index in [-0.39, 0.29) is 0 Å². The van der Waals surface area contributed by atoms with Crippen LogP contribution in [0.25, 0.3) is 5.65 Å². The van der Waals surface area contributed by atoms with E-state index in [4.69, 9.17) is 4.74 Å². The van der Waals surface area contributed by atoms with Crippen LogP contribution in [0.15, 0.2) is 24.4 Å². The van der Waals surface area contributed by atoms with Gasteiger partial charge in [0.05, 0.1) is 12.6 Å². The molecule has 1 N–H and O–H groups in total. The summed E-state index contributed by atoms with van der Waals surface area (Å²) < 4.78 is 7.26. The Morgan fingerprint density at radius 3 is 3.12 bits per heavy atom.